The summed E-state index contributed by atoms with van der Waals surface area (Å²) >= 11 is 20.6. The van der Waals surface area contributed by atoms with Gasteiger partial charge in [0.05, 0.1) is 22.7 Å². The maximum Gasteiger partial charge on any atom is 0.139 e. The highest BCUT2D eigenvalue weighted by Crippen LogP contribution is 2.39. The first-order valence-corrected chi connectivity index (χ1v) is 8.67. The van der Waals surface area contributed by atoms with Gasteiger partial charge in [-0.15, -0.1) is 11.3 Å². The lowest BCUT2D eigenvalue weighted by molar-refractivity contribution is 0.340. The fourth-order valence-corrected chi connectivity index (χ4v) is 3.84. The number of hydrogen-bond donors (Lipinski definition) is 1. The average Bonchev–Trinajstić information content (AvgIpc) is 2.86. The van der Waals surface area contributed by atoms with Gasteiger partial charge in [0, 0.05) is 16.0 Å². The first-order valence-electron chi connectivity index (χ1n) is 6.66. The van der Waals surface area contributed by atoms with Gasteiger partial charge in [-0.2, -0.15) is 0 Å². The predicted octanol–water partition coefficient (Wildman–Crippen LogP) is 5.81. The highest BCUT2D eigenvalue weighted by atomic mass is 35.5. The lowest BCUT2D eigenvalue weighted by Gasteiger charge is -2.20. The van der Waals surface area contributed by atoms with Crippen molar-refractivity contribution < 1.29 is 4.74 Å². The second-order valence-corrected chi connectivity index (χ2v) is 6.53. The molecule has 0 bridgehead atoms. The van der Waals surface area contributed by atoms with E-state index in [1.54, 1.807) is 17.4 Å². The number of ether oxygens (including phenoxy) is 1. The third-order valence-corrected chi connectivity index (χ3v) is 5.02. The van der Waals surface area contributed by atoms with Gasteiger partial charge < -0.3 is 10.1 Å². The van der Waals surface area contributed by atoms with Crippen molar-refractivity contribution in [3.05, 3.63) is 49.1 Å². The molecule has 2 rings (SSSR count). The van der Waals surface area contributed by atoms with Crippen LogP contribution in [0.5, 0.6) is 5.75 Å². The van der Waals surface area contributed by atoms with Crippen LogP contribution in [0.2, 0.25) is 15.1 Å². The van der Waals surface area contributed by atoms with Crippen LogP contribution in [-0.4, -0.2) is 13.2 Å². The van der Waals surface area contributed by atoms with E-state index in [0.29, 0.717) is 22.4 Å². The van der Waals surface area contributed by atoms with Crippen LogP contribution in [0.3, 0.4) is 0 Å². The van der Waals surface area contributed by atoms with Gasteiger partial charge in [-0.1, -0.05) is 41.7 Å². The Morgan fingerprint density at radius 2 is 1.90 bits per heavy atom. The Morgan fingerprint density at radius 3 is 2.48 bits per heavy atom. The van der Waals surface area contributed by atoms with Gasteiger partial charge in [0.15, 0.2) is 0 Å². The zero-order valence-electron chi connectivity index (χ0n) is 11.8. The molecule has 0 fully saturated rings. The summed E-state index contributed by atoms with van der Waals surface area (Å²) in [6.45, 7) is 5.28. The van der Waals surface area contributed by atoms with Gasteiger partial charge in [0.1, 0.15) is 5.75 Å². The van der Waals surface area contributed by atoms with Crippen molar-refractivity contribution in [2.45, 2.75) is 19.9 Å². The molecule has 1 aromatic carbocycles. The minimum absolute atomic E-state index is 0.0804. The molecular weight excluding hydrogens is 349 g/mol. The number of halogens is 3. The molecule has 0 aliphatic heterocycles. The lowest BCUT2D eigenvalue weighted by Crippen LogP contribution is -2.21. The Kier molecular flexibility index (Phi) is 6.20. The van der Waals surface area contributed by atoms with E-state index in [-0.39, 0.29) is 6.04 Å². The number of rotatable bonds is 6. The molecule has 1 aromatic heterocycles. The van der Waals surface area contributed by atoms with Crippen LogP contribution in [-0.2, 0) is 0 Å². The quantitative estimate of drug-likeness (QED) is 0.698. The number of thiophene rings is 1. The van der Waals surface area contributed by atoms with Crippen LogP contribution in [0, 0.1) is 0 Å². The van der Waals surface area contributed by atoms with Crippen LogP contribution in [0.4, 0.5) is 0 Å². The van der Waals surface area contributed by atoms with Crippen LogP contribution < -0.4 is 10.1 Å². The van der Waals surface area contributed by atoms with Crippen molar-refractivity contribution in [1.29, 1.82) is 0 Å². The summed E-state index contributed by atoms with van der Waals surface area (Å²) in [7, 11) is 0. The molecule has 1 heterocycles. The van der Waals surface area contributed by atoms with E-state index in [0.717, 1.165) is 22.0 Å². The fraction of sp³-hybridized carbons (Fsp3) is 0.333. The monoisotopic (exact) mass is 363 g/mol. The van der Waals surface area contributed by atoms with E-state index >= 15 is 0 Å². The molecule has 0 aliphatic rings. The van der Waals surface area contributed by atoms with Crippen LogP contribution in [0.25, 0.3) is 0 Å². The van der Waals surface area contributed by atoms with Crippen LogP contribution in [0.1, 0.15) is 30.3 Å². The maximum absolute atomic E-state index is 6.42. The fourth-order valence-electron chi connectivity index (χ4n) is 2.09. The van der Waals surface area contributed by atoms with E-state index in [9.17, 15) is 0 Å². The largest absolute Gasteiger partial charge is 0.492 e. The molecule has 1 unspecified atom stereocenters. The number of nitrogens with one attached hydrogen (secondary N) is 1. The third-order valence-electron chi connectivity index (χ3n) is 2.98. The molecule has 2 nitrogen and oxygen atoms in total. The molecule has 0 saturated heterocycles. The van der Waals surface area contributed by atoms with E-state index in [1.165, 1.54) is 0 Å². The maximum atomic E-state index is 6.42. The molecule has 0 saturated carbocycles. The van der Waals surface area contributed by atoms with E-state index in [1.807, 2.05) is 31.4 Å². The topological polar surface area (TPSA) is 21.3 Å². The lowest BCUT2D eigenvalue weighted by atomic mass is 10.0. The Hall–Kier alpha value is -0.450. The second kappa shape index (κ2) is 7.70. The summed E-state index contributed by atoms with van der Waals surface area (Å²) in [5.74, 6) is 0.598. The minimum Gasteiger partial charge on any atom is -0.492 e. The highest BCUT2D eigenvalue weighted by molar-refractivity contribution is 7.10. The van der Waals surface area contributed by atoms with E-state index < -0.39 is 0 Å². The molecular formula is C15H16Cl3NOS. The first kappa shape index (κ1) is 16.9. The summed E-state index contributed by atoms with van der Waals surface area (Å²) < 4.78 is 5.47. The number of hydrogen-bond acceptors (Lipinski definition) is 3. The third kappa shape index (κ3) is 3.85. The minimum atomic E-state index is -0.0804. The molecule has 6 heteroatoms. The SMILES string of the molecule is CCNC(c1cc(Cl)c(OCC)cc1Cl)c1sccc1Cl. The zero-order chi connectivity index (χ0) is 15.4. The summed E-state index contributed by atoms with van der Waals surface area (Å²) in [5, 5.41) is 7.25. The molecule has 2 aromatic rings. The Balaban J connectivity index is 2.46. The van der Waals surface area contributed by atoms with Crippen molar-refractivity contribution in [2.24, 2.45) is 0 Å². The van der Waals surface area contributed by atoms with Crippen LogP contribution in [0.15, 0.2) is 23.6 Å². The normalized spacial score (nSPS) is 12.4. The van der Waals surface area contributed by atoms with Crippen molar-refractivity contribution >= 4 is 46.1 Å². The van der Waals surface area contributed by atoms with Crippen molar-refractivity contribution in [3.8, 4) is 5.75 Å². The van der Waals surface area contributed by atoms with Gasteiger partial charge in [-0.3, -0.25) is 0 Å². The Bertz CT molecular complexity index is 615. The molecule has 0 amide bonds. The summed E-state index contributed by atoms with van der Waals surface area (Å²) in [5.41, 5.74) is 0.899. The Labute approximate surface area is 144 Å². The van der Waals surface area contributed by atoms with E-state index in [2.05, 4.69) is 5.32 Å². The molecule has 0 spiro atoms. The van der Waals surface area contributed by atoms with Gasteiger partial charge in [0.25, 0.3) is 0 Å². The number of benzene rings is 1. The molecule has 0 aliphatic carbocycles. The van der Waals surface area contributed by atoms with Crippen molar-refractivity contribution in [2.75, 3.05) is 13.2 Å². The summed E-state index contributed by atoms with van der Waals surface area (Å²) in [6.07, 6.45) is 0. The van der Waals surface area contributed by atoms with Gasteiger partial charge in [0.2, 0.25) is 0 Å². The molecule has 0 radical (unpaired) electrons. The molecule has 21 heavy (non-hydrogen) atoms. The second-order valence-electron chi connectivity index (χ2n) is 4.36. The smallest absolute Gasteiger partial charge is 0.139 e. The van der Waals surface area contributed by atoms with Crippen molar-refractivity contribution in [1.82, 2.24) is 5.32 Å². The standard InChI is InChI=1S/C15H16Cl3NOS/c1-3-19-14(15-10(16)5-6-21-15)9-7-12(18)13(20-4-2)8-11(9)17/h5-8,14,19H,3-4H2,1-2H3. The first-order chi connectivity index (χ1) is 10.1. The molecule has 1 N–H and O–H groups in total. The zero-order valence-corrected chi connectivity index (χ0v) is 14.8. The molecule has 114 valence electrons. The van der Waals surface area contributed by atoms with Crippen LogP contribution >= 0.6 is 46.1 Å². The van der Waals surface area contributed by atoms with Gasteiger partial charge in [-0.05, 0) is 36.5 Å². The summed E-state index contributed by atoms with van der Waals surface area (Å²) in [6, 6.07) is 5.41. The average molecular weight is 365 g/mol. The molecule has 1 atom stereocenters. The highest BCUT2D eigenvalue weighted by Gasteiger charge is 2.21. The Morgan fingerprint density at radius 1 is 1.14 bits per heavy atom. The van der Waals surface area contributed by atoms with E-state index in [4.69, 9.17) is 39.5 Å². The predicted molar refractivity (Wildman–Crippen MR) is 92.5 cm³/mol. The summed E-state index contributed by atoms with van der Waals surface area (Å²) in [4.78, 5) is 1.03. The van der Waals surface area contributed by atoms with Gasteiger partial charge in [-0.25, -0.2) is 0 Å². The van der Waals surface area contributed by atoms with Gasteiger partial charge >= 0.3 is 0 Å². The van der Waals surface area contributed by atoms with Crippen molar-refractivity contribution in [3.63, 3.8) is 0 Å².